The van der Waals surface area contributed by atoms with E-state index in [9.17, 15) is 23.1 Å². The van der Waals surface area contributed by atoms with E-state index in [2.05, 4.69) is 10.1 Å². The third-order valence-electron chi connectivity index (χ3n) is 3.70. The first-order chi connectivity index (χ1) is 12.3. The third kappa shape index (κ3) is 3.17. The lowest BCUT2D eigenvalue weighted by atomic mass is 10.0. The highest BCUT2D eigenvalue weighted by Crippen LogP contribution is 2.44. The third-order valence-corrected chi connectivity index (χ3v) is 4.52. The number of nitrogens with zero attached hydrogens (tertiary/aromatic N) is 3. The summed E-state index contributed by atoms with van der Waals surface area (Å²) < 4.78 is 45.5. The minimum atomic E-state index is -4.98. The fraction of sp³-hybridized carbons (Fsp3) is 0.312. The molecule has 2 heterocycles. The number of carbonyl (C=O) groups excluding carboxylic acids is 1. The number of rotatable bonds is 4. The highest BCUT2D eigenvalue weighted by atomic mass is 32.1. The molecule has 0 fully saturated rings. The van der Waals surface area contributed by atoms with Gasteiger partial charge >= 0.3 is 12.1 Å². The van der Waals surface area contributed by atoms with Gasteiger partial charge in [0.1, 0.15) is 0 Å². The Morgan fingerprint density at radius 2 is 2.08 bits per heavy atom. The van der Waals surface area contributed by atoms with Gasteiger partial charge in [-0.3, -0.25) is 0 Å². The quantitative estimate of drug-likeness (QED) is 0.819. The first-order valence-electron chi connectivity index (χ1n) is 7.61. The molecule has 1 aliphatic rings. The number of aromatic nitrogens is 1. The summed E-state index contributed by atoms with van der Waals surface area (Å²) in [7, 11) is 0. The van der Waals surface area contributed by atoms with Crippen LogP contribution in [0.4, 0.5) is 18.3 Å². The van der Waals surface area contributed by atoms with Crippen LogP contribution in [0.25, 0.3) is 0 Å². The molecule has 26 heavy (non-hydrogen) atoms. The lowest BCUT2D eigenvalue weighted by Crippen LogP contribution is -2.55. The highest BCUT2D eigenvalue weighted by molar-refractivity contribution is 7.14. The van der Waals surface area contributed by atoms with Crippen LogP contribution in [-0.4, -0.2) is 40.3 Å². The number of thiazole rings is 1. The topological polar surface area (TPSA) is 75.0 Å². The number of hydrazone groups is 1. The highest BCUT2D eigenvalue weighted by Gasteiger charge is 2.62. The standard InChI is InChI=1S/C16H14F3N3O3S/c1-2-25-13(23)12-9-26-14(20-12)22-15(24,16(17,18)19)8-11(21-22)10-6-4-3-5-7-10/h3-7,9,24H,2,8H2,1H3/t15-/m1/s1. The number of hydrogen-bond acceptors (Lipinski definition) is 7. The van der Waals surface area contributed by atoms with Crippen molar-refractivity contribution < 1.29 is 27.8 Å². The summed E-state index contributed by atoms with van der Waals surface area (Å²) in [4.78, 5) is 15.6. The minimum absolute atomic E-state index is 0.0679. The van der Waals surface area contributed by atoms with Gasteiger partial charge in [0.05, 0.1) is 18.7 Å². The van der Waals surface area contributed by atoms with Crippen LogP contribution in [0.3, 0.4) is 0 Å². The van der Waals surface area contributed by atoms with Crippen molar-refractivity contribution in [3.8, 4) is 0 Å². The Morgan fingerprint density at radius 3 is 2.69 bits per heavy atom. The molecule has 3 rings (SSSR count). The van der Waals surface area contributed by atoms with Crippen LogP contribution in [-0.2, 0) is 4.74 Å². The second-order valence-electron chi connectivity index (χ2n) is 5.45. The molecular weight excluding hydrogens is 371 g/mol. The predicted molar refractivity (Wildman–Crippen MR) is 89.2 cm³/mol. The van der Waals surface area contributed by atoms with E-state index in [1.807, 2.05) is 0 Å². The van der Waals surface area contributed by atoms with Gasteiger partial charge < -0.3 is 9.84 Å². The first kappa shape index (κ1) is 18.3. The lowest BCUT2D eigenvalue weighted by molar-refractivity contribution is -0.254. The van der Waals surface area contributed by atoms with Crippen molar-refractivity contribution in [2.45, 2.75) is 25.2 Å². The molecule has 138 valence electrons. The van der Waals surface area contributed by atoms with Gasteiger partial charge in [-0.15, -0.1) is 11.3 Å². The van der Waals surface area contributed by atoms with Crippen molar-refractivity contribution in [2.75, 3.05) is 11.6 Å². The minimum Gasteiger partial charge on any atom is -0.461 e. The molecule has 1 aliphatic heterocycles. The van der Waals surface area contributed by atoms with Crippen molar-refractivity contribution >= 4 is 28.1 Å². The van der Waals surface area contributed by atoms with Gasteiger partial charge in [-0.05, 0) is 12.5 Å². The lowest BCUT2D eigenvalue weighted by Gasteiger charge is -2.32. The number of hydrogen-bond donors (Lipinski definition) is 1. The van der Waals surface area contributed by atoms with E-state index in [0.717, 1.165) is 11.3 Å². The monoisotopic (exact) mass is 385 g/mol. The SMILES string of the molecule is CCOC(=O)c1csc(N2N=C(c3ccccc3)C[C@@]2(O)C(F)(F)F)n1. The number of alkyl halides is 3. The Balaban J connectivity index is 2.01. The molecule has 1 aromatic carbocycles. The maximum Gasteiger partial charge on any atom is 0.438 e. The smallest absolute Gasteiger partial charge is 0.438 e. The van der Waals surface area contributed by atoms with E-state index in [-0.39, 0.29) is 23.1 Å². The molecular formula is C16H14F3N3O3S. The second kappa shape index (κ2) is 6.69. The summed E-state index contributed by atoms with van der Waals surface area (Å²) in [6.45, 7) is 1.71. The van der Waals surface area contributed by atoms with E-state index < -0.39 is 24.3 Å². The van der Waals surface area contributed by atoms with Crippen LogP contribution in [0.5, 0.6) is 0 Å². The molecule has 0 saturated carbocycles. The molecule has 0 saturated heterocycles. The summed E-state index contributed by atoms with van der Waals surface area (Å²) in [6, 6.07) is 8.25. The largest absolute Gasteiger partial charge is 0.461 e. The van der Waals surface area contributed by atoms with Crippen molar-refractivity contribution in [3.63, 3.8) is 0 Å². The summed E-state index contributed by atoms with van der Waals surface area (Å²) in [6.07, 6.45) is -5.74. The molecule has 1 aromatic heterocycles. The molecule has 6 nitrogen and oxygen atoms in total. The zero-order valence-electron chi connectivity index (χ0n) is 13.5. The molecule has 0 spiro atoms. The molecule has 0 amide bonds. The van der Waals surface area contributed by atoms with E-state index in [4.69, 9.17) is 4.74 Å². The number of aliphatic hydroxyl groups is 1. The Bertz CT molecular complexity index is 838. The van der Waals surface area contributed by atoms with E-state index in [1.54, 1.807) is 37.3 Å². The zero-order chi connectivity index (χ0) is 18.9. The number of benzene rings is 1. The fourth-order valence-corrected chi connectivity index (χ4v) is 3.23. The number of ether oxygens (including phenoxy) is 1. The predicted octanol–water partition coefficient (Wildman–Crippen LogP) is 3.19. The van der Waals surface area contributed by atoms with Crippen LogP contribution >= 0.6 is 11.3 Å². The van der Waals surface area contributed by atoms with E-state index in [0.29, 0.717) is 10.6 Å². The first-order valence-corrected chi connectivity index (χ1v) is 8.49. The Kier molecular flexibility index (Phi) is 4.72. The summed E-state index contributed by atoms with van der Waals surface area (Å²) >= 11 is 0.764. The van der Waals surface area contributed by atoms with Crippen molar-refractivity contribution in [3.05, 3.63) is 47.0 Å². The Hall–Kier alpha value is -2.46. The average molecular weight is 385 g/mol. The molecule has 0 unspecified atom stereocenters. The Labute approximate surface area is 150 Å². The summed E-state index contributed by atoms with van der Waals surface area (Å²) in [5.41, 5.74) is -2.86. The molecule has 1 atom stereocenters. The number of halogens is 3. The number of carbonyl (C=O) groups is 1. The van der Waals surface area contributed by atoms with Gasteiger partial charge in [-0.1, -0.05) is 30.3 Å². The second-order valence-corrected chi connectivity index (χ2v) is 6.29. The van der Waals surface area contributed by atoms with Crippen LogP contribution in [0, 0.1) is 0 Å². The normalized spacial score (nSPS) is 20.2. The van der Waals surface area contributed by atoms with Gasteiger partial charge in [-0.25, -0.2) is 9.78 Å². The van der Waals surface area contributed by atoms with Gasteiger partial charge in [0.15, 0.2) is 5.69 Å². The molecule has 0 bridgehead atoms. The van der Waals surface area contributed by atoms with E-state index in [1.165, 1.54) is 5.38 Å². The maximum absolute atomic E-state index is 13.6. The molecule has 0 radical (unpaired) electrons. The number of esters is 1. The fourth-order valence-electron chi connectivity index (χ4n) is 2.42. The van der Waals surface area contributed by atoms with Crippen LogP contribution in [0.15, 0.2) is 40.8 Å². The van der Waals surface area contributed by atoms with Gasteiger partial charge in [-0.2, -0.15) is 23.3 Å². The summed E-state index contributed by atoms with van der Waals surface area (Å²) in [5.74, 6) is -0.753. The Morgan fingerprint density at radius 1 is 1.38 bits per heavy atom. The van der Waals surface area contributed by atoms with Gasteiger partial charge in [0.25, 0.3) is 5.72 Å². The van der Waals surface area contributed by atoms with Crippen molar-refractivity contribution in [2.24, 2.45) is 5.10 Å². The van der Waals surface area contributed by atoms with Crippen LogP contribution < -0.4 is 5.01 Å². The van der Waals surface area contributed by atoms with E-state index >= 15 is 0 Å². The zero-order valence-corrected chi connectivity index (χ0v) is 14.3. The molecule has 1 N–H and O–H groups in total. The maximum atomic E-state index is 13.6. The van der Waals surface area contributed by atoms with Gasteiger partial charge in [0, 0.05) is 5.38 Å². The molecule has 2 aromatic rings. The summed E-state index contributed by atoms with van der Waals surface area (Å²) in [5, 5.41) is 15.7. The van der Waals surface area contributed by atoms with Gasteiger partial charge in [0.2, 0.25) is 5.13 Å². The average Bonchev–Trinajstić information content (AvgIpc) is 3.20. The molecule has 10 heteroatoms. The van der Waals surface area contributed by atoms with Crippen molar-refractivity contribution in [1.82, 2.24) is 4.98 Å². The number of anilines is 1. The molecule has 0 aliphatic carbocycles. The van der Waals surface area contributed by atoms with Crippen molar-refractivity contribution in [1.29, 1.82) is 0 Å². The van der Waals surface area contributed by atoms with Crippen LogP contribution in [0.2, 0.25) is 0 Å². The van der Waals surface area contributed by atoms with Crippen LogP contribution in [0.1, 0.15) is 29.4 Å².